The molecule has 9 heteroatoms. The van der Waals surface area contributed by atoms with Crippen LogP contribution in [-0.2, 0) is 0 Å². The summed E-state index contributed by atoms with van der Waals surface area (Å²) in [6, 6.07) is 14.7. The molecule has 2 aliphatic heterocycles. The third kappa shape index (κ3) is 6.65. The SMILES string of the molecule is Cl.Cl.OCC(O)CN1CCN(CCCN2c3ccccc3Sc3ccc(Cl)cc32)CC1. The Bertz CT molecular complexity index is 837. The largest absolute Gasteiger partial charge is 0.394 e. The number of nitrogens with zero attached hydrogens (tertiary/aromatic N) is 3. The second-order valence-corrected chi connectivity index (χ2v) is 9.19. The number of benzene rings is 2. The van der Waals surface area contributed by atoms with Crippen molar-refractivity contribution in [1.82, 2.24) is 9.80 Å². The number of piperazine rings is 1. The highest BCUT2D eigenvalue weighted by Gasteiger charge is 2.24. The molecule has 0 aromatic heterocycles. The number of aliphatic hydroxyl groups excluding tert-OH is 2. The van der Waals surface area contributed by atoms with E-state index in [2.05, 4.69) is 51.1 Å². The van der Waals surface area contributed by atoms with E-state index < -0.39 is 6.10 Å². The van der Waals surface area contributed by atoms with E-state index >= 15 is 0 Å². The molecule has 2 N–H and O–H groups in total. The van der Waals surface area contributed by atoms with Gasteiger partial charge in [0.15, 0.2) is 0 Å². The van der Waals surface area contributed by atoms with Crippen molar-refractivity contribution >= 4 is 59.6 Å². The number of fused-ring (bicyclic) bond motifs is 2. The molecule has 2 aromatic carbocycles. The van der Waals surface area contributed by atoms with Gasteiger partial charge in [0.05, 0.1) is 24.1 Å². The van der Waals surface area contributed by atoms with Gasteiger partial charge in [-0.05, 0) is 43.3 Å². The third-order valence-corrected chi connectivity index (χ3v) is 6.95. The zero-order chi connectivity index (χ0) is 20.2. The Morgan fingerprint density at radius 2 is 1.58 bits per heavy atom. The molecule has 0 spiro atoms. The summed E-state index contributed by atoms with van der Waals surface area (Å²) in [6.07, 6.45) is 0.440. The molecular formula is C22H30Cl3N3O2S. The van der Waals surface area contributed by atoms with Crippen molar-refractivity contribution in [1.29, 1.82) is 0 Å². The van der Waals surface area contributed by atoms with Crippen molar-refractivity contribution in [2.45, 2.75) is 22.3 Å². The van der Waals surface area contributed by atoms with Crippen LogP contribution in [-0.4, -0.2) is 78.5 Å². The topological polar surface area (TPSA) is 50.2 Å². The van der Waals surface area contributed by atoms with E-state index in [1.165, 1.54) is 21.2 Å². The van der Waals surface area contributed by atoms with Crippen molar-refractivity contribution in [2.75, 3.05) is 57.3 Å². The van der Waals surface area contributed by atoms with Crippen LogP contribution in [0.15, 0.2) is 52.3 Å². The number of β-amino-alcohol motifs (C(OH)–C–C–N with tert-alkyl or cyclic N) is 1. The average Bonchev–Trinajstić information content (AvgIpc) is 2.74. The molecule has 172 valence electrons. The lowest BCUT2D eigenvalue weighted by Crippen LogP contribution is -2.49. The molecule has 0 radical (unpaired) electrons. The van der Waals surface area contributed by atoms with Gasteiger partial charge in [-0.15, -0.1) is 24.8 Å². The predicted octanol–water partition coefficient (Wildman–Crippen LogP) is 4.15. The van der Waals surface area contributed by atoms with Gasteiger partial charge in [0, 0.05) is 54.1 Å². The first-order valence-corrected chi connectivity index (χ1v) is 11.4. The van der Waals surface area contributed by atoms with Crippen LogP contribution >= 0.6 is 48.2 Å². The van der Waals surface area contributed by atoms with E-state index in [1.54, 1.807) is 0 Å². The lowest BCUT2D eigenvalue weighted by molar-refractivity contribution is 0.0395. The Kier molecular flexibility index (Phi) is 10.7. The number of anilines is 2. The summed E-state index contributed by atoms with van der Waals surface area (Å²) in [6.45, 7) is 6.30. The highest BCUT2D eigenvalue weighted by Crippen LogP contribution is 2.48. The number of para-hydroxylation sites is 1. The maximum Gasteiger partial charge on any atom is 0.0897 e. The summed E-state index contributed by atoms with van der Waals surface area (Å²) < 4.78 is 0. The Hall–Kier alpha value is -0.700. The molecule has 1 unspecified atom stereocenters. The number of hydrogen-bond donors (Lipinski definition) is 2. The summed E-state index contributed by atoms with van der Waals surface area (Å²) in [7, 11) is 0. The summed E-state index contributed by atoms with van der Waals surface area (Å²) in [5.74, 6) is 0. The maximum absolute atomic E-state index is 9.62. The van der Waals surface area contributed by atoms with Crippen LogP contribution in [0.3, 0.4) is 0 Å². The van der Waals surface area contributed by atoms with Gasteiger partial charge >= 0.3 is 0 Å². The van der Waals surface area contributed by atoms with E-state index in [9.17, 15) is 5.11 Å². The molecule has 0 saturated carbocycles. The monoisotopic (exact) mass is 505 g/mol. The third-order valence-electron chi connectivity index (χ3n) is 5.59. The van der Waals surface area contributed by atoms with Crippen LogP contribution < -0.4 is 4.90 Å². The molecule has 0 amide bonds. The van der Waals surface area contributed by atoms with Crippen LogP contribution in [0.2, 0.25) is 5.02 Å². The zero-order valence-electron chi connectivity index (χ0n) is 17.3. The van der Waals surface area contributed by atoms with Crippen molar-refractivity contribution < 1.29 is 10.2 Å². The summed E-state index contributed by atoms with van der Waals surface area (Å²) in [4.78, 5) is 9.67. The maximum atomic E-state index is 9.62. The van der Waals surface area contributed by atoms with Gasteiger partial charge in [-0.3, -0.25) is 4.90 Å². The van der Waals surface area contributed by atoms with Crippen molar-refractivity contribution in [3.8, 4) is 0 Å². The second-order valence-electron chi connectivity index (χ2n) is 7.67. The fraction of sp³-hybridized carbons (Fsp3) is 0.455. The molecule has 0 aliphatic carbocycles. The van der Waals surface area contributed by atoms with E-state index in [0.29, 0.717) is 6.54 Å². The van der Waals surface area contributed by atoms with Gasteiger partial charge in [0.25, 0.3) is 0 Å². The van der Waals surface area contributed by atoms with Crippen molar-refractivity contribution in [3.63, 3.8) is 0 Å². The Labute approximate surface area is 206 Å². The van der Waals surface area contributed by atoms with Crippen molar-refractivity contribution in [3.05, 3.63) is 47.5 Å². The first kappa shape index (κ1) is 26.6. The lowest BCUT2D eigenvalue weighted by atomic mass is 10.2. The standard InChI is InChI=1S/C22H28ClN3O2S.2ClH/c23-17-6-7-22-20(14-17)26(19-4-1-2-5-21(19)29-22)9-3-8-24-10-12-25(13-11-24)15-18(28)16-27;;/h1-2,4-7,14,18,27-28H,3,8-13,15-16H2;2*1H. The highest BCUT2D eigenvalue weighted by atomic mass is 35.5. The van der Waals surface area contributed by atoms with E-state index in [0.717, 1.165) is 50.7 Å². The van der Waals surface area contributed by atoms with Crippen LogP contribution in [0.1, 0.15) is 6.42 Å². The zero-order valence-corrected chi connectivity index (χ0v) is 20.5. The summed E-state index contributed by atoms with van der Waals surface area (Å²) in [5.41, 5.74) is 2.46. The van der Waals surface area contributed by atoms with Crippen molar-refractivity contribution in [2.24, 2.45) is 0 Å². The van der Waals surface area contributed by atoms with E-state index in [-0.39, 0.29) is 31.4 Å². The van der Waals surface area contributed by atoms with Crippen LogP contribution in [0.5, 0.6) is 0 Å². The molecule has 5 nitrogen and oxygen atoms in total. The first-order chi connectivity index (χ1) is 14.1. The fourth-order valence-electron chi connectivity index (χ4n) is 4.05. The fourth-order valence-corrected chi connectivity index (χ4v) is 5.29. The number of rotatable bonds is 7. The minimum Gasteiger partial charge on any atom is -0.394 e. The van der Waals surface area contributed by atoms with Gasteiger partial charge in [-0.25, -0.2) is 0 Å². The Morgan fingerprint density at radius 3 is 2.32 bits per heavy atom. The van der Waals surface area contributed by atoms with E-state index in [4.69, 9.17) is 16.7 Å². The normalized spacial score (nSPS) is 17.2. The molecular weight excluding hydrogens is 477 g/mol. The molecule has 1 saturated heterocycles. The van der Waals surface area contributed by atoms with Crippen LogP contribution in [0, 0.1) is 0 Å². The number of hydrogen-bond acceptors (Lipinski definition) is 6. The van der Waals surface area contributed by atoms with Gasteiger partial charge < -0.3 is 20.0 Å². The van der Waals surface area contributed by atoms with Gasteiger partial charge in [0.1, 0.15) is 0 Å². The summed E-state index contributed by atoms with van der Waals surface area (Å²) in [5, 5.41) is 19.4. The van der Waals surface area contributed by atoms with Crippen LogP contribution in [0.4, 0.5) is 11.4 Å². The van der Waals surface area contributed by atoms with E-state index in [1.807, 2.05) is 17.8 Å². The molecule has 31 heavy (non-hydrogen) atoms. The Balaban J connectivity index is 0.00000171. The lowest BCUT2D eigenvalue weighted by Gasteiger charge is -2.36. The highest BCUT2D eigenvalue weighted by molar-refractivity contribution is 7.99. The predicted molar refractivity (Wildman–Crippen MR) is 134 cm³/mol. The van der Waals surface area contributed by atoms with Gasteiger partial charge in [-0.1, -0.05) is 35.5 Å². The quantitative estimate of drug-likeness (QED) is 0.588. The molecule has 1 atom stereocenters. The first-order valence-electron chi connectivity index (χ1n) is 10.2. The Morgan fingerprint density at radius 1 is 0.903 bits per heavy atom. The number of aliphatic hydroxyl groups is 2. The average molecular weight is 507 g/mol. The minimum absolute atomic E-state index is 0. The van der Waals surface area contributed by atoms with Crippen LogP contribution in [0.25, 0.3) is 0 Å². The minimum atomic E-state index is -0.634. The molecule has 0 bridgehead atoms. The molecule has 1 fully saturated rings. The smallest absolute Gasteiger partial charge is 0.0897 e. The number of halogens is 3. The second kappa shape index (κ2) is 12.5. The van der Waals surface area contributed by atoms with Gasteiger partial charge in [-0.2, -0.15) is 0 Å². The molecule has 4 rings (SSSR count). The molecule has 2 aliphatic rings. The molecule has 2 heterocycles. The summed E-state index contributed by atoms with van der Waals surface area (Å²) >= 11 is 8.11. The molecule has 2 aromatic rings. The van der Waals surface area contributed by atoms with Gasteiger partial charge in [0.2, 0.25) is 0 Å².